The fraction of sp³-hybridized carbons (Fsp3) is 0.714. The number of ether oxygens (including phenoxy) is 1. The lowest BCUT2D eigenvalue weighted by Crippen LogP contribution is -2.16. The summed E-state index contributed by atoms with van der Waals surface area (Å²) in [7, 11) is 0. The van der Waals surface area contributed by atoms with Gasteiger partial charge in [-0.1, -0.05) is 19.8 Å². The molecule has 0 radical (unpaired) electrons. The van der Waals surface area contributed by atoms with E-state index in [0.717, 1.165) is 24.5 Å². The van der Waals surface area contributed by atoms with Crippen molar-refractivity contribution in [1.82, 2.24) is 9.97 Å². The molecule has 0 spiro atoms. The van der Waals surface area contributed by atoms with Gasteiger partial charge in [-0.3, -0.25) is 0 Å². The van der Waals surface area contributed by atoms with Gasteiger partial charge in [0.2, 0.25) is 5.88 Å². The van der Waals surface area contributed by atoms with Gasteiger partial charge in [-0.05, 0) is 26.2 Å². The van der Waals surface area contributed by atoms with Crippen molar-refractivity contribution in [2.24, 2.45) is 0 Å². The molecule has 0 unspecified atom stereocenters. The molecule has 0 saturated heterocycles. The second kappa shape index (κ2) is 6.57. The van der Waals surface area contributed by atoms with E-state index in [1.807, 2.05) is 13.0 Å². The minimum absolute atomic E-state index is 0.573. The topological polar surface area (TPSA) is 47.0 Å². The van der Waals surface area contributed by atoms with E-state index < -0.39 is 0 Å². The number of aryl methyl sites for hydroxylation is 1. The summed E-state index contributed by atoms with van der Waals surface area (Å²) in [5, 5.41) is 3.51. The monoisotopic (exact) mass is 249 g/mol. The highest BCUT2D eigenvalue weighted by Gasteiger charge is 2.16. The minimum atomic E-state index is 0.573. The highest BCUT2D eigenvalue weighted by Crippen LogP contribution is 2.23. The van der Waals surface area contributed by atoms with E-state index in [4.69, 9.17) is 4.74 Å². The molecule has 1 fully saturated rings. The molecule has 4 heteroatoms. The molecule has 0 bridgehead atoms. The van der Waals surface area contributed by atoms with Crippen LogP contribution in [-0.4, -0.2) is 22.6 Å². The summed E-state index contributed by atoms with van der Waals surface area (Å²) in [5.41, 5.74) is 0. The van der Waals surface area contributed by atoms with E-state index in [1.165, 1.54) is 25.7 Å². The number of nitrogens with zero attached hydrogens (tertiary/aromatic N) is 2. The minimum Gasteiger partial charge on any atom is -0.478 e. The molecule has 1 aromatic heterocycles. The Bertz CT molecular complexity index is 351. The van der Waals surface area contributed by atoms with Gasteiger partial charge >= 0.3 is 0 Å². The Morgan fingerprint density at radius 2 is 2.06 bits per heavy atom. The van der Waals surface area contributed by atoms with E-state index in [2.05, 4.69) is 22.2 Å². The van der Waals surface area contributed by atoms with Crippen LogP contribution < -0.4 is 10.1 Å². The number of hydrogen-bond acceptors (Lipinski definition) is 4. The molecule has 1 aliphatic rings. The van der Waals surface area contributed by atoms with Gasteiger partial charge in [0.05, 0.1) is 6.61 Å². The van der Waals surface area contributed by atoms with Gasteiger partial charge in [0.1, 0.15) is 11.6 Å². The van der Waals surface area contributed by atoms with Gasteiger partial charge in [-0.15, -0.1) is 0 Å². The van der Waals surface area contributed by atoms with E-state index >= 15 is 0 Å². The molecule has 0 aliphatic heterocycles. The van der Waals surface area contributed by atoms with Gasteiger partial charge in [0, 0.05) is 18.5 Å². The molecular formula is C14H23N3O. The van der Waals surface area contributed by atoms with E-state index in [1.54, 1.807) is 0 Å². The normalized spacial score (nSPS) is 15.9. The first-order valence-corrected chi connectivity index (χ1v) is 7.09. The van der Waals surface area contributed by atoms with E-state index in [9.17, 15) is 0 Å². The maximum atomic E-state index is 5.51. The molecule has 1 N–H and O–H groups in total. The third kappa shape index (κ3) is 3.59. The first-order valence-electron chi connectivity index (χ1n) is 7.09. The molecule has 2 rings (SSSR count). The Labute approximate surface area is 109 Å². The standard InChI is InChI=1S/C14H23N3O/c1-3-7-12-16-13(10-14(17-12)18-4-2)15-11-8-5-6-9-11/h10-11H,3-9H2,1-2H3,(H,15,16,17). The van der Waals surface area contributed by atoms with Crippen molar-refractivity contribution in [2.45, 2.75) is 58.4 Å². The Kier molecular flexibility index (Phi) is 4.79. The summed E-state index contributed by atoms with van der Waals surface area (Å²) in [4.78, 5) is 8.98. The molecule has 0 aromatic carbocycles. The molecule has 0 atom stereocenters. The van der Waals surface area contributed by atoms with E-state index in [0.29, 0.717) is 18.5 Å². The predicted octanol–water partition coefficient (Wildman–Crippen LogP) is 3.18. The zero-order valence-corrected chi connectivity index (χ0v) is 11.4. The first kappa shape index (κ1) is 13.1. The molecular weight excluding hydrogens is 226 g/mol. The van der Waals surface area contributed by atoms with Gasteiger partial charge in [-0.2, -0.15) is 4.98 Å². The van der Waals surface area contributed by atoms with Gasteiger partial charge in [0.15, 0.2) is 0 Å². The van der Waals surface area contributed by atoms with Crippen molar-refractivity contribution in [1.29, 1.82) is 0 Å². The highest BCUT2D eigenvalue weighted by atomic mass is 16.5. The molecule has 4 nitrogen and oxygen atoms in total. The summed E-state index contributed by atoms with van der Waals surface area (Å²) in [5.74, 6) is 2.49. The summed E-state index contributed by atoms with van der Waals surface area (Å²) in [6, 6.07) is 2.49. The Balaban J connectivity index is 2.10. The first-order chi connectivity index (χ1) is 8.81. The lowest BCUT2D eigenvalue weighted by atomic mass is 10.2. The Morgan fingerprint density at radius 1 is 1.28 bits per heavy atom. The van der Waals surface area contributed by atoms with Crippen molar-refractivity contribution in [2.75, 3.05) is 11.9 Å². The summed E-state index contributed by atoms with van der Waals surface area (Å²) in [6.45, 7) is 4.76. The van der Waals surface area contributed by atoms with Crippen LogP contribution in [0.2, 0.25) is 0 Å². The summed E-state index contributed by atoms with van der Waals surface area (Å²) >= 11 is 0. The van der Waals surface area contributed by atoms with Crippen LogP contribution in [0.1, 0.15) is 51.8 Å². The SMILES string of the molecule is CCCc1nc(NC2CCCC2)cc(OCC)n1. The highest BCUT2D eigenvalue weighted by molar-refractivity contribution is 5.39. The number of rotatable bonds is 6. The van der Waals surface area contributed by atoms with Crippen LogP contribution in [0.25, 0.3) is 0 Å². The summed E-state index contributed by atoms with van der Waals surface area (Å²) in [6.07, 6.45) is 7.10. The van der Waals surface area contributed by atoms with Crippen molar-refractivity contribution in [3.05, 3.63) is 11.9 Å². The largest absolute Gasteiger partial charge is 0.478 e. The second-order valence-corrected chi connectivity index (χ2v) is 4.82. The quantitative estimate of drug-likeness (QED) is 0.841. The van der Waals surface area contributed by atoms with E-state index in [-0.39, 0.29) is 0 Å². The molecule has 1 heterocycles. The molecule has 1 aliphatic carbocycles. The zero-order valence-electron chi connectivity index (χ0n) is 11.4. The summed E-state index contributed by atoms with van der Waals surface area (Å²) < 4.78 is 5.51. The van der Waals surface area contributed by atoms with Crippen molar-refractivity contribution in [3.8, 4) is 5.88 Å². The number of nitrogens with one attached hydrogen (secondary N) is 1. The maximum absolute atomic E-state index is 5.51. The van der Waals surface area contributed by atoms with Crippen molar-refractivity contribution >= 4 is 5.82 Å². The van der Waals surface area contributed by atoms with Gasteiger partial charge in [0.25, 0.3) is 0 Å². The predicted molar refractivity (Wildman–Crippen MR) is 73.1 cm³/mol. The van der Waals surface area contributed by atoms with Crippen LogP contribution in [-0.2, 0) is 6.42 Å². The van der Waals surface area contributed by atoms with Crippen molar-refractivity contribution < 1.29 is 4.74 Å². The molecule has 18 heavy (non-hydrogen) atoms. The van der Waals surface area contributed by atoms with Gasteiger partial charge < -0.3 is 10.1 Å². The number of aromatic nitrogens is 2. The third-order valence-corrected chi connectivity index (χ3v) is 3.22. The van der Waals surface area contributed by atoms with Crippen LogP contribution in [0.3, 0.4) is 0 Å². The molecule has 1 saturated carbocycles. The Hall–Kier alpha value is -1.32. The maximum Gasteiger partial charge on any atom is 0.218 e. The third-order valence-electron chi connectivity index (χ3n) is 3.22. The number of hydrogen-bond donors (Lipinski definition) is 1. The average Bonchev–Trinajstić information content (AvgIpc) is 2.82. The number of anilines is 1. The fourth-order valence-corrected chi connectivity index (χ4v) is 2.38. The molecule has 1 aromatic rings. The van der Waals surface area contributed by atoms with Crippen LogP contribution in [0.4, 0.5) is 5.82 Å². The van der Waals surface area contributed by atoms with Crippen molar-refractivity contribution in [3.63, 3.8) is 0 Å². The lowest BCUT2D eigenvalue weighted by Gasteiger charge is -2.14. The second-order valence-electron chi connectivity index (χ2n) is 4.82. The smallest absolute Gasteiger partial charge is 0.218 e. The molecule has 0 amide bonds. The Morgan fingerprint density at radius 3 is 2.72 bits per heavy atom. The van der Waals surface area contributed by atoms with Crippen LogP contribution >= 0.6 is 0 Å². The van der Waals surface area contributed by atoms with Crippen LogP contribution in [0.5, 0.6) is 5.88 Å². The average molecular weight is 249 g/mol. The fourth-order valence-electron chi connectivity index (χ4n) is 2.38. The molecule has 100 valence electrons. The zero-order chi connectivity index (χ0) is 12.8. The van der Waals surface area contributed by atoms with Gasteiger partial charge in [-0.25, -0.2) is 4.98 Å². The lowest BCUT2D eigenvalue weighted by molar-refractivity contribution is 0.325. The van der Waals surface area contributed by atoms with Crippen LogP contribution in [0, 0.1) is 0 Å². The van der Waals surface area contributed by atoms with Crippen LogP contribution in [0.15, 0.2) is 6.07 Å².